The number of hydrogen-bond acceptors (Lipinski definition) is 2. The van der Waals surface area contributed by atoms with E-state index >= 15 is 0 Å². The summed E-state index contributed by atoms with van der Waals surface area (Å²) in [6, 6.07) is 9.35. The van der Waals surface area contributed by atoms with E-state index in [-0.39, 0.29) is 0 Å². The Hall–Kier alpha value is -1.38. The predicted octanol–water partition coefficient (Wildman–Crippen LogP) is 4.60. The minimum Gasteiger partial charge on any atom is -0.497 e. The summed E-state index contributed by atoms with van der Waals surface area (Å²) in [6.07, 6.45) is 0.887. The van der Waals surface area contributed by atoms with Crippen LogP contribution in [-0.2, 0) is 6.42 Å². The highest BCUT2D eigenvalue weighted by atomic mass is 35.5. The lowest BCUT2D eigenvalue weighted by molar-refractivity contribution is 0.357. The van der Waals surface area contributed by atoms with Crippen LogP contribution in [0.25, 0.3) is 11.1 Å². The van der Waals surface area contributed by atoms with Crippen molar-refractivity contribution in [1.29, 1.82) is 0 Å². The van der Waals surface area contributed by atoms with Crippen LogP contribution in [-0.4, -0.2) is 13.7 Å². The first-order chi connectivity index (χ1) is 9.19. The summed E-state index contributed by atoms with van der Waals surface area (Å²) in [6.45, 7) is 0.688. The molecule has 1 aliphatic rings. The standard InChI is InChI=1S/C15H12Cl2O2/c1-18-11-6-9-4-5-19-15(9)13(8-11)12-7-10(16)2-3-14(12)17/h2-3,6-8H,4-5H2,1H3. The lowest BCUT2D eigenvalue weighted by Gasteiger charge is -2.12. The number of halogens is 2. The van der Waals surface area contributed by atoms with Gasteiger partial charge in [-0.3, -0.25) is 0 Å². The number of methoxy groups -OCH3 is 1. The minimum atomic E-state index is 0.647. The third-order valence-corrected chi connectivity index (χ3v) is 3.78. The van der Waals surface area contributed by atoms with Crippen molar-refractivity contribution in [2.24, 2.45) is 0 Å². The van der Waals surface area contributed by atoms with E-state index in [1.165, 1.54) is 0 Å². The number of ether oxygens (including phenoxy) is 2. The largest absolute Gasteiger partial charge is 0.497 e. The molecule has 98 valence electrons. The molecular formula is C15H12Cl2O2. The lowest BCUT2D eigenvalue weighted by atomic mass is 10.0. The minimum absolute atomic E-state index is 0.647. The monoisotopic (exact) mass is 294 g/mol. The zero-order valence-corrected chi connectivity index (χ0v) is 11.9. The van der Waals surface area contributed by atoms with Gasteiger partial charge in [0.2, 0.25) is 0 Å². The number of fused-ring (bicyclic) bond motifs is 1. The van der Waals surface area contributed by atoms with Crippen LogP contribution in [0.5, 0.6) is 11.5 Å². The van der Waals surface area contributed by atoms with Gasteiger partial charge in [0.1, 0.15) is 11.5 Å². The first-order valence-electron chi connectivity index (χ1n) is 5.98. The fourth-order valence-corrected chi connectivity index (χ4v) is 2.69. The molecule has 2 aromatic carbocycles. The lowest BCUT2D eigenvalue weighted by Crippen LogP contribution is -1.91. The maximum atomic E-state index is 6.27. The summed E-state index contributed by atoms with van der Waals surface area (Å²) in [7, 11) is 1.65. The second kappa shape index (κ2) is 4.95. The van der Waals surface area contributed by atoms with Gasteiger partial charge in [-0.05, 0) is 30.3 Å². The molecule has 0 bridgehead atoms. The summed E-state index contributed by atoms with van der Waals surface area (Å²) in [5, 5.41) is 1.30. The fourth-order valence-electron chi connectivity index (χ4n) is 2.30. The van der Waals surface area contributed by atoms with Crippen LogP contribution in [0.3, 0.4) is 0 Å². The molecule has 0 amide bonds. The van der Waals surface area contributed by atoms with Crippen molar-refractivity contribution in [2.75, 3.05) is 13.7 Å². The zero-order valence-electron chi connectivity index (χ0n) is 10.4. The van der Waals surface area contributed by atoms with E-state index in [1.807, 2.05) is 18.2 Å². The zero-order chi connectivity index (χ0) is 13.4. The van der Waals surface area contributed by atoms with Gasteiger partial charge in [-0.2, -0.15) is 0 Å². The molecule has 0 saturated heterocycles. The van der Waals surface area contributed by atoms with Crippen LogP contribution in [0.15, 0.2) is 30.3 Å². The first-order valence-corrected chi connectivity index (χ1v) is 6.74. The van der Waals surface area contributed by atoms with Crippen LogP contribution in [0.1, 0.15) is 5.56 Å². The molecule has 2 nitrogen and oxygen atoms in total. The average Bonchev–Trinajstić information content (AvgIpc) is 2.88. The molecule has 0 unspecified atom stereocenters. The Kier molecular flexibility index (Phi) is 3.29. The Balaban J connectivity index is 2.24. The van der Waals surface area contributed by atoms with Gasteiger partial charge in [0.25, 0.3) is 0 Å². The van der Waals surface area contributed by atoms with Crippen LogP contribution in [0.4, 0.5) is 0 Å². The summed E-state index contributed by atoms with van der Waals surface area (Å²) in [5.41, 5.74) is 2.94. The molecule has 0 atom stereocenters. The maximum Gasteiger partial charge on any atom is 0.130 e. The van der Waals surface area contributed by atoms with Crippen molar-refractivity contribution >= 4 is 23.2 Å². The molecule has 0 N–H and O–H groups in total. The fraction of sp³-hybridized carbons (Fsp3) is 0.200. The summed E-state index contributed by atoms with van der Waals surface area (Å²) in [4.78, 5) is 0. The van der Waals surface area contributed by atoms with Gasteiger partial charge in [0.15, 0.2) is 0 Å². The number of benzene rings is 2. The van der Waals surface area contributed by atoms with Crippen molar-refractivity contribution in [1.82, 2.24) is 0 Å². The molecule has 1 heterocycles. The molecule has 1 aliphatic heterocycles. The third kappa shape index (κ3) is 2.26. The van der Waals surface area contributed by atoms with Crippen molar-refractivity contribution in [3.63, 3.8) is 0 Å². The highest BCUT2D eigenvalue weighted by Gasteiger charge is 2.20. The second-order valence-electron chi connectivity index (χ2n) is 4.39. The van der Waals surface area contributed by atoms with Gasteiger partial charge in [-0.15, -0.1) is 0 Å². The van der Waals surface area contributed by atoms with E-state index in [1.54, 1.807) is 19.2 Å². The highest BCUT2D eigenvalue weighted by Crippen LogP contribution is 2.43. The van der Waals surface area contributed by atoms with Gasteiger partial charge in [0, 0.05) is 33.2 Å². The van der Waals surface area contributed by atoms with E-state index in [2.05, 4.69) is 0 Å². The molecule has 3 rings (SSSR count). The van der Waals surface area contributed by atoms with Crippen LogP contribution in [0.2, 0.25) is 10.0 Å². The predicted molar refractivity (Wildman–Crippen MR) is 77.6 cm³/mol. The van der Waals surface area contributed by atoms with E-state index in [0.717, 1.165) is 34.6 Å². The van der Waals surface area contributed by atoms with E-state index in [9.17, 15) is 0 Å². The van der Waals surface area contributed by atoms with Crippen molar-refractivity contribution in [3.8, 4) is 22.6 Å². The normalized spacial score (nSPS) is 13.0. The third-order valence-electron chi connectivity index (χ3n) is 3.21. The number of hydrogen-bond donors (Lipinski definition) is 0. The number of rotatable bonds is 2. The molecular weight excluding hydrogens is 283 g/mol. The van der Waals surface area contributed by atoms with Gasteiger partial charge < -0.3 is 9.47 Å². The second-order valence-corrected chi connectivity index (χ2v) is 5.23. The van der Waals surface area contributed by atoms with Crippen molar-refractivity contribution in [3.05, 3.63) is 45.9 Å². The Morgan fingerprint density at radius 2 is 1.95 bits per heavy atom. The van der Waals surface area contributed by atoms with Crippen molar-refractivity contribution < 1.29 is 9.47 Å². The Bertz CT molecular complexity index is 638. The molecule has 0 radical (unpaired) electrons. The molecule has 2 aromatic rings. The van der Waals surface area contributed by atoms with E-state index < -0.39 is 0 Å². The maximum absolute atomic E-state index is 6.27. The first kappa shape index (κ1) is 12.6. The van der Waals surface area contributed by atoms with Gasteiger partial charge in [0.05, 0.1) is 13.7 Å². The topological polar surface area (TPSA) is 18.5 Å². The summed E-state index contributed by atoms with van der Waals surface area (Å²) in [5.74, 6) is 1.68. The Labute approximate surface area is 121 Å². The molecule has 0 fully saturated rings. The van der Waals surface area contributed by atoms with Gasteiger partial charge >= 0.3 is 0 Å². The molecule has 4 heteroatoms. The van der Waals surface area contributed by atoms with E-state index in [0.29, 0.717) is 16.7 Å². The summed E-state index contributed by atoms with van der Waals surface area (Å²) < 4.78 is 11.1. The van der Waals surface area contributed by atoms with Crippen LogP contribution < -0.4 is 9.47 Å². The molecule has 0 saturated carbocycles. The van der Waals surface area contributed by atoms with Crippen LogP contribution in [0, 0.1) is 0 Å². The molecule has 19 heavy (non-hydrogen) atoms. The van der Waals surface area contributed by atoms with Gasteiger partial charge in [-0.1, -0.05) is 23.2 Å². The molecule has 0 aromatic heterocycles. The molecule has 0 aliphatic carbocycles. The van der Waals surface area contributed by atoms with E-state index in [4.69, 9.17) is 32.7 Å². The van der Waals surface area contributed by atoms with Crippen molar-refractivity contribution in [2.45, 2.75) is 6.42 Å². The van der Waals surface area contributed by atoms with Gasteiger partial charge in [-0.25, -0.2) is 0 Å². The Morgan fingerprint density at radius 3 is 2.74 bits per heavy atom. The quantitative estimate of drug-likeness (QED) is 0.806. The smallest absolute Gasteiger partial charge is 0.130 e. The average molecular weight is 295 g/mol. The molecule has 0 spiro atoms. The SMILES string of the molecule is COc1cc2c(c(-c3cc(Cl)ccc3Cl)c1)OCC2. The summed E-state index contributed by atoms with van der Waals surface area (Å²) >= 11 is 12.3. The highest BCUT2D eigenvalue weighted by molar-refractivity contribution is 6.35. The Morgan fingerprint density at radius 1 is 1.11 bits per heavy atom. The van der Waals surface area contributed by atoms with Crippen LogP contribution >= 0.6 is 23.2 Å².